The van der Waals surface area contributed by atoms with Crippen molar-refractivity contribution in [1.29, 1.82) is 0 Å². The molecule has 1 saturated carbocycles. The number of nitrogens with one attached hydrogen (secondary N) is 1. The first-order chi connectivity index (χ1) is 8.43. The molecule has 2 aromatic rings. The van der Waals surface area contributed by atoms with Crippen LogP contribution in [0.4, 0.5) is 5.82 Å². The monoisotopic (exact) mass is 227 g/mol. The topological polar surface area (TPSA) is 37.8 Å². The van der Waals surface area contributed by atoms with Crippen LogP contribution in [-0.2, 0) is 0 Å². The fraction of sp³-hybridized carbons (Fsp3) is 0.429. The van der Waals surface area contributed by atoms with Crippen LogP contribution in [0.5, 0.6) is 0 Å². The third-order valence-corrected chi connectivity index (χ3v) is 3.35. The first-order valence-corrected chi connectivity index (χ1v) is 6.38. The van der Waals surface area contributed by atoms with E-state index in [-0.39, 0.29) is 0 Å². The van der Waals surface area contributed by atoms with Crippen molar-refractivity contribution in [2.45, 2.75) is 25.7 Å². The zero-order chi connectivity index (χ0) is 11.5. The number of anilines is 1. The highest BCUT2D eigenvalue weighted by Crippen LogP contribution is 2.33. The Morgan fingerprint density at radius 1 is 1.24 bits per heavy atom. The van der Waals surface area contributed by atoms with Crippen LogP contribution in [0.1, 0.15) is 25.7 Å². The average molecular weight is 227 g/mol. The Labute approximate surface area is 101 Å². The Hall–Kier alpha value is -1.64. The lowest BCUT2D eigenvalue weighted by molar-refractivity contribution is 0.686. The smallest absolute Gasteiger partial charge is 0.156 e. The van der Waals surface area contributed by atoms with Crippen molar-refractivity contribution in [1.82, 2.24) is 10.2 Å². The first-order valence-electron chi connectivity index (χ1n) is 6.38. The van der Waals surface area contributed by atoms with E-state index in [1.165, 1.54) is 25.7 Å². The van der Waals surface area contributed by atoms with E-state index in [1.54, 1.807) is 0 Å². The molecule has 1 aromatic carbocycles. The lowest BCUT2D eigenvalue weighted by Crippen LogP contribution is -2.04. The van der Waals surface area contributed by atoms with Gasteiger partial charge in [-0.3, -0.25) is 0 Å². The Bertz CT molecular complexity index is 500. The van der Waals surface area contributed by atoms with E-state index in [0.717, 1.165) is 29.1 Å². The van der Waals surface area contributed by atoms with Gasteiger partial charge in [-0.1, -0.05) is 37.1 Å². The van der Waals surface area contributed by atoms with Gasteiger partial charge in [0.1, 0.15) is 0 Å². The van der Waals surface area contributed by atoms with E-state index < -0.39 is 0 Å². The molecule has 1 fully saturated rings. The second-order valence-corrected chi connectivity index (χ2v) is 4.79. The molecule has 3 rings (SSSR count). The van der Waals surface area contributed by atoms with Crippen molar-refractivity contribution in [3.63, 3.8) is 0 Å². The normalized spacial score (nSPS) is 15.1. The fourth-order valence-corrected chi connectivity index (χ4v) is 2.16. The molecule has 1 N–H and O–H groups in total. The molecule has 3 heteroatoms. The van der Waals surface area contributed by atoms with Gasteiger partial charge in [-0.2, -0.15) is 5.10 Å². The number of aromatic nitrogens is 2. The Morgan fingerprint density at radius 2 is 2.12 bits per heavy atom. The fourth-order valence-electron chi connectivity index (χ4n) is 2.16. The highest BCUT2D eigenvalue weighted by molar-refractivity contribution is 5.90. The molecule has 0 unspecified atom stereocenters. The van der Waals surface area contributed by atoms with Gasteiger partial charge in [-0.15, -0.1) is 5.10 Å². The number of benzene rings is 1. The highest BCUT2D eigenvalue weighted by Gasteiger charge is 2.19. The van der Waals surface area contributed by atoms with Crippen LogP contribution in [0, 0.1) is 5.92 Å². The maximum Gasteiger partial charge on any atom is 0.156 e. The van der Waals surface area contributed by atoms with Crippen molar-refractivity contribution in [2.24, 2.45) is 5.92 Å². The minimum atomic E-state index is 0.916. The predicted octanol–water partition coefficient (Wildman–Crippen LogP) is 3.23. The van der Waals surface area contributed by atoms with Crippen molar-refractivity contribution >= 4 is 16.6 Å². The first kappa shape index (κ1) is 10.5. The van der Waals surface area contributed by atoms with E-state index in [1.807, 2.05) is 18.3 Å². The zero-order valence-electron chi connectivity index (χ0n) is 9.89. The Morgan fingerprint density at radius 3 is 3.00 bits per heavy atom. The SMILES string of the molecule is c1ccc2c(NCCCC3CC3)nncc2c1. The van der Waals surface area contributed by atoms with Crippen LogP contribution in [0.3, 0.4) is 0 Å². The molecule has 0 radical (unpaired) electrons. The number of hydrogen-bond acceptors (Lipinski definition) is 3. The van der Waals surface area contributed by atoms with Crippen LogP contribution < -0.4 is 5.32 Å². The van der Waals surface area contributed by atoms with E-state index in [0.29, 0.717) is 0 Å². The van der Waals surface area contributed by atoms with Gasteiger partial charge < -0.3 is 5.32 Å². The summed E-state index contributed by atoms with van der Waals surface area (Å²) in [7, 11) is 0. The molecule has 0 aliphatic heterocycles. The standard InChI is InChI=1S/C14H17N3/c1-2-6-13-12(5-1)10-16-17-14(13)15-9-3-4-11-7-8-11/h1-2,5-6,10-11H,3-4,7-9H2,(H,15,17). The summed E-state index contributed by atoms with van der Waals surface area (Å²) in [6.45, 7) is 0.999. The van der Waals surface area contributed by atoms with Gasteiger partial charge in [0.2, 0.25) is 0 Å². The van der Waals surface area contributed by atoms with E-state index >= 15 is 0 Å². The largest absolute Gasteiger partial charge is 0.368 e. The molecular formula is C14H17N3. The summed E-state index contributed by atoms with van der Waals surface area (Å²) in [5.41, 5.74) is 0. The highest BCUT2D eigenvalue weighted by atomic mass is 15.2. The third kappa shape index (κ3) is 2.54. The van der Waals surface area contributed by atoms with Crippen LogP contribution in [0.25, 0.3) is 10.8 Å². The second kappa shape index (κ2) is 4.70. The number of fused-ring (bicyclic) bond motifs is 1. The van der Waals surface area contributed by atoms with Gasteiger partial charge in [0.05, 0.1) is 6.20 Å². The molecule has 0 spiro atoms. The Balaban J connectivity index is 1.66. The molecule has 0 amide bonds. The molecular weight excluding hydrogens is 210 g/mol. The van der Waals surface area contributed by atoms with Crippen molar-refractivity contribution < 1.29 is 0 Å². The summed E-state index contributed by atoms with van der Waals surface area (Å²) < 4.78 is 0. The summed E-state index contributed by atoms with van der Waals surface area (Å²) in [6, 6.07) is 8.23. The molecule has 0 saturated heterocycles. The minimum absolute atomic E-state index is 0.916. The summed E-state index contributed by atoms with van der Waals surface area (Å²) in [4.78, 5) is 0. The van der Waals surface area contributed by atoms with Gasteiger partial charge >= 0.3 is 0 Å². The Kier molecular flexibility index (Phi) is 2.90. The molecule has 0 bridgehead atoms. The van der Waals surface area contributed by atoms with Crippen LogP contribution >= 0.6 is 0 Å². The molecule has 3 nitrogen and oxygen atoms in total. The van der Waals surface area contributed by atoms with Crippen molar-refractivity contribution in [3.05, 3.63) is 30.5 Å². The maximum atomic E-state index is 4.18. The summed E-state index contributed by atoms with van der Waals surface area (Å²) in [6.07, 6.45) is 7.27. The van der Waals surface area contributed by atoms with E-state index in [2.05, 4.69) is 27.6 Å². The van der Waals surface area contributed by atoms with Gasteiger partial charge in [-0.25, -0.2) is 0 Å². The van der Waals surface area contributed by atoms with Gasteiger partial charge in [0, 0.05) is 17.3 Å². The lowest BCUT2D eigenvalue weighted by Gasteiger charge is -2.07. The van der Waals surface area contributed by atoms with Crippen LogP contribution in [0.15, 0.2) is 30.5 Å². The summed E-state index contributed by atoms with van der Waals surface area (Å²) >= 11 is 0. The zero-order valence-corrected chi connectivity index (χ0v) is 9.89. The van der Waals surface area contributed by atoms with Gasteiger partial charge in [-0.05, 0) is 18.8 Å². The molecule has 1 aromatic heterocycles. The summed E-state index contributed by atoms with van der Waals surface area (Å²) in [5.74, 6) is 1.93. The molecule has 1 aliphatic carbocycles. The van der Waals surface area contributed by atoms with E-state index in [4.69, 9.17) is 0 Å². The van der Waals surface area contributed by atoms with Crippen LogP contribution in [-0.4, -0.2) is 16.7 Å². The maximum absolute atomic E-state index is 4.18. The second-order valence-electron chi connectivity index (χ2n) is 4.79. The lowest BCUT2D eigenvalue weighted by atomic mass is 10.2. The minimum Gasteiger partial charge on any atom is -0.368 e. The molecule has 17 heavy (non-hydrogen) atoms. The predicted molar refractivity (Wildman–Crippen MR) is 70.0 cm³/mol. The summed E-state index contributed by atoms with van der Waals surface area (Å²) in [5, 5.41) is 13.9. The number of hydrogen-bond donors (Lipinski definition) is 1. The number of rotatable bonds is 5. The van der Waals surface area contributed by atoms with Crippen molar-refractivity contribution in [2.75, 3.05) is 11.9 Å². The van der Waals surface area contributed by atoms with Crippen LogP contribution in [0.2, 0.25) is 0 Å². The van der Waals surface area contributed by atoms with E-state index in [9.17, 15) is 0 Å². The molecule has 88 valence electrons. The average Bonchev–Trinajstić information content (AvgIpc) is 3.19. The molecule has 0 atom stereocenters. The number of nitrogens with zero attached hydrogens (tertiary/aromatic N) is 2. The van der Waals surface area contributed by atoms with Gasteiger partial charge in [0.15, 0.2) is 5.82 Å². The third-order valence-electron chi connectivity index (χ3n) is 3.35. The van der Waals surface area contributed by atoms with Gasteiger partial charge in [0.25, 0.3) is 0 Å². The van der Waals surface area contributed by atoms with Crippen molar-refractivity contribution in [3.8, 4) is 0 Å². The molecule has 1 aliphatic rings. The quantitative estimate of drug-likeness (QED) is 0.797. The molecule has 1 heterocycles.